The number of methoxy groups -OCH3 is 1. The molecule has 10 nitrogen and oxygen atoms in total. The normalized spacial score (nSPS) is 16.4. The number of benzene rings is 2. The minimum absolute atomic E-state index is 0.0171. The van der Waals surface area contributed by atoms with Crippen LogP contribution < -0.4 is 9.38 Å². The molecule has 3 heterocycles. The topological polar surface area (TPSA) is 97.2 Å². The predicted octanol–water partition coefficient (Wildman–Crippen LogP) is 2.16. The van der Waals surface area contributed by atoms with E-state index >= 15 is 0 Å². The van der Waals surface area contributed by atoms with Crippen LogP contribution in [0.2, 0.25) is 0 Å². The Hall–Kier alpha value is -3.46. The second-order valence-electron chi connectivity index (χ2n) is 10.6. The summed E-state index contributed by atoms with van der Waals surface area (Å²) in [5.74, 6) is -0.213. The Labute approximate surface area is 246 Å². The Bertz CT molecular complexity index is 1400. The number of rotatable bonds is 8. The minimum atomic E-state index is -1.42. The second-order valence-corrected chi connectivity index (χ2v) is 13.1. The van der Waals surface area contributed by atoms with Gasteiger partial charge in [-0.05, 0) is 0 Å². The number of fused-ring (bicyclic) bond motifs is 1. The summed E-state index contributed by atoms with van der Waals surface area (Å²) in [6.07, 6.45) is -1.72. The van der Waals surface area contributed by atoms with Crippen LogP contribution in [0.5, 0.6) is 0 Å². The van der Waals surface area contributed by atoms with E-state index in [0.29, 0.717) is 15.7 Å². The van der Waals surface area contributed by atoms with Crippen molar-refractivity contribution in [3.8, 4) is 0 Å². The monoisotopic (exact) mass is 621 g/mol. The van der Waals surface area contributed by atoms with Crippen molar-refractivity contribution in [1.82, 2.24) is 19.6 Å². The van der Waals surface area contributed by atoms with E-state index in [9.17, 15) is 14.4 Å². The average Bonchev–Trinajstić information content (AvgIpc) is 3.55. The molecular weight excluding hydrogens is 585 g/mol. The van der Waals surface area contributed by atoms with Crippen LogP contribution in [0.1, 0.15) is 47.1 Å². The van der Waals surface area contributed by atoms with Gasteiger partial charge in [0.15, 0.2) is 0 Å². The van der Waals surface area contributed by atoms with Crippen LogP contribution in [-0.2, 0) is 27.4 Å². The van der Waals surface area contributed by atoms with Crippen molar-refractivity contribution in [2.75, 3.05) is 45.2 Å². The third-order valence-corrected chi connectivity index (χ3v) is 9.81. The van der Waals surface area contributed by atoms with E-state index in [1.807, 2.05) is 54.6 Å². The van der Waals surface area contributed by atoms with Gasteiger partial charge in [-0.15, -0.1) is 0 Å². The Morgan fingerprint density at radius 2 is 1.61 bits per heavy atom. The molecule has 1 aromatic heterocycles. The fourth-order valence-electron chi connectivity index (χ4n) is 5.14. The van der Waals surface area contributed by atoms with Crippen molar-refractivity contribution >= 4 is 42.5 Å². The molecule has 1 saturated heterocycles. The zero-order chi connectivity index (χ0) is 29.1. The van der Waals surface area contributed by atoms with Gasteiger partial charge < -0.3 is 0 Å². The maximum atomic E-state index is 13.5. The van der Waals surface area contributed by atoms with Gasteiger partial charge in [0.1, 0.15) is 0 Å². The van der Waals surface area contributed by atoms with Crippen LogP contribution in [0.4, 0.5) is 10.5 Å². The molecule has 216 valence electrons. The zero-order valence-corrected chi connectivity index (χ0v) is 26.0. The number of nitrogens with zero attached hydrogens (tertiary/aromatic N) is 5. The van der Waals surface area contributed by atoms with Crippen molar-refractivity contribution in [2.45, 2.75) is 39.1 Å². The van der Waals surface area contributed by atoms with Crippen molar-refractivity contribution in [3.63, 3.8) is 0 Å². The molecule has 0 radical (unpaired) electrons. The number of likely N-dealkylation sites (N-methyl/N-ethyl adjacent to an activating group) is 1. The molecule has 41 heavy (non-hydrogen) atoms. The number of carbonyl (C=O) groups excluding carboxylic acids is 3. The van der Waals surface area contributed by atoms with E-state index in [4.69, 9.17) is 9.47 Å². The number of amides is 1. The molecular formula is C30H36AsN5O5. The molecule has 3 aromatic rings. The number of carbonyl (C=O) groups is 3. The quantitative estimate of drug-likeness (QED) is 0.354. The van der Waals surface area contributed by atoms with Gasteiger partial charge in [0, 0.05) is 0 Å². The second kappa shape index (κ2) is 12.6. The molecule has 5 rings (SSSR count). The average molecular weight is 622 g/mol. The predicted molar refractivity (Wildman–Crippen MR) is 157 cm³/mol. The number of anilines is 1. The number of hydrogen-bond donors (Lipinski definition) is 0. The fourth-order valence-corrected chi connectivity index (χ4v) is 7.34. The van der Waals surface area contributed by atoms with E-state index in [1.54, 1.807) is 18.7 Å². The summed E-state index contributed by atoms with van der Waals surface area (Å²) in [6, 6.07) is 17.1. The standard InChI is InChI=1S/C30H36AsN5O5/c1-20(2)41-30(39)36-25-19-35(29(38)26(40-4)21-8-6-5-7-9-21)18-24(25)27(32-36)31-28(37)22-10-12-23(13-11-22)34-16-14-33(3)15-17-34/h5-13,20,26,31H,14-19H2,1-4H3. The summed E-state index contributed by atoms with van der Waals surface area (Å²) in [7, 11) is 3.63. The van der Waals surface area contributed by atoms with Gasteiger partial charge in [0.2, 0.25) is 0 Å². The number of hydrogen-bond acceptors (Lipinski definition) is 8. The first-order valence-electron chi connectivity index (χ1n) is 13.8. The molecule has 1 amide bonds. The first-order valence-corrected chi connectivity index (χ1v) is 15.9. The van der Waals surface area contributed by atoms with E-state index in [1.165, 1.54) is 11.8 Å². The third kappa shape index (κ3) is 6.40. The van der Waals surface area contributed by atoms with Gasteiger partial charge in [-0.3, -0.25) is 0 Å². The Morgan fingerprint density at radius 1 is 0.927 bits per heavy atom. The van der Waals surface area contributed by atoms with Gasteiger partial charge >= 0.3 is 247 Å². The van der Waals surface area contributed by atoms with E-state index < -0.39 is 27.9 Å². The van der Waals surface area contributed by atoms with Gasteiger partial charge in [0.25, 0.3) is 0 Å². The number of ether oxygens (including phenoxy) is 2. The van der Waals surface area contributed by atoms with E-state index in [0.717, 1.165) is 43.0 Å². The Morgan fingerprint density at radius 3 is 2.24 bits per heavy atom. The van der Waals surface area contributed by atoms with Gasteiger partial charge in [-0.1, -0.05) is 0 Å². The molecule has 2 unspecified atom stereocenters. The molecule has 0 aliphatic carbocycles. The molecule has 2 aromatic carbocycles. The van der Waals surface area contributed by atoms with Crippen LogP contribution in [-0.4, -0.2) is 98.3 Å². The molecule has 1 fully saturated rings. The molecule has 0 bridgehead atoms. The molecule has 0 spiro atoms. The van der Waals surface area contributed by atoms with Gasteiger partial charge in [-0.2, -0.15) is 0 Å². The molecule has 0 saturated carbocycles. The molecule has 2 aliphatic heterocycles. The summed E-state index contributed by atoms with van der Waals surface area (Å²) in [4.78, 5) is 46.2. The summed E-state index contributed by atoms with van der Waals surface area (Å²) in [6.45, 7) is 7.90. The van der Waals surface area contributed by atoms with Gasteiger partial charge in [-0.25, -0.2) is 0 Å². The van der Waals surface area contributed by atoms with E-state index in [2.05, 4.69) is 21.9 Å². The Kier molecular flexibility index (Phi) is 8.92. The summed E-state index contributed by atoms with van der Waals surface area (Å²) in [5, 5.41) is 4.56. The Balaban J connectivity index is 1.36. The maximum absolute atomic E-state index is 13.5. The first-order chi connectivity index (χ1) is 19.7. The number of aromatic nitrogens is 2. The summed E-state index contributed by atoms with van der Waals surface area (Å²) < 4.78 is 12.8. The van der Waals surface area contributed by atoms with Crippen LogP contribution >= 0.6 is 0 Å². The number of piperazine rings is 1. The van der Waals surface area contributed by atoms with E-state index in [-0.39, 0.29) is 29.7 Å². The van der Waals surface area contributed by atoms with Crippen molar-refractivity contribution in [3.05, 3.63) is 77.0 Å². The summed E-state index contributed by atoms with van der Waals surface area (Å²) >= 11 is -1.42. The molecule has 2 aliphatic rings. The van der Waals surface area contributed by atoms with Crippen molar-refractivity contribution in [1.29, 1.82) is 0 Å². The van der Waals surface area contributed by atoms with Crippen LogP contribution in [0.15, 0.2) is 54.6 Å². The van der Waals surface area contributed by atoms with Gasteiger partial charge in [0.05, 0.1) is 0 Å². The van der Waals surface area contributed by atoms with Crippen LogP contribution in [0.25, 0.3) is 0 Å². The molecule has 11 heteroatoms. The molecule has 2 atom stereocenters. The van der Waals surface area contributed by atoms with Crippen molar-refractivity contribution < 1.29 is 23.9 Å². The zero-order valence-electron chi connectivity index (χ0n) is 23.9. The van der Waals surface area contributed by atoms with Crippen molar-refractivity contribution in [2.24, 2.45) is 0 Å². The summed E-state index contributed by atoms with van der Waals surface area (Å²) in [5.41, 5.74) is 3.83. The van der Waals surface area contributed by atoms with Crippen LogP contribution in [0.3, 0.4) is 0 Å². The molecule has 0 N–H and O–H groups in total. The first kappa shape index (κ1) is 29.0. The fraction of sp³-hybridized carbons (Fsp3) is 0.400. The van der Waals surface area contributed by atoms with Crippen LogP contribution in [0, 0.1) is 0 Å². The third-order valence-electron chi connectivity index (χ3n) is 7.39. The SMILES string of the molecule is COC(C(=O)N1Cc2c([AsH]C(=O)c3ccc(N4CCN(C)CC4)cc3)nn(C(=O)OC(C)C)c2C1)c1ccccc1.